The lowest BCUT2D eigenvalue weighted by atomic mass is 9.99. The van der Waals surface area contributed by atoms with E-state index in [1.165, 1.54) is 0 Å². The summed E-state index contributed by atoms with van der Waals surface area (Å²) in [7, 11) is 0. The van der Waals surface area contributed by atoms with E-state index in [1.54, 1.807) is 17.5 Å². The van der Waals surface area contributed by atoms with E-state index in [0.717, 1.165) is 72.3 Å². The molecule has 10 heteroatoms. The number of aryl methyl sites for hydroxylation is 1. The van der Waals surface area contributed by atoms with Crippen LogP contribution in [0.3, 0.4) is 0 Å². The number of pyridine rings is 2. The molecule has 2 aliphatic heterocycles. The normalized spacial score (nSPS) is 16.3. The van der Waals surface area contributed by atoms with E-state index in [2.05, 4.69) is 38.5 Å². The maximum Gasteiger partial charge on any atom is 0.261 e. The SMILES string of the molecule is Cc1cc(-c2ccsc2)cnc1-c1cc2cnc(Nc3ccc(OC4CCNCC4)cc3)nc2n(CC2CCOCC2)c1=O. The van der Waals surface area contributed by atoms with Crippen molar-refractivity contribution in [2.24, 2.45) is 5.92 Å². The first-order chi connectivity index (χ1) is 21.6. The highest BCUT2D eigenvalue weighted by Gasteiger charge is 2.21. The Morgan fingerprint density at radius 3 is 2.59 bits per heavy atom. The van der Waals surface area contributed by atoms with Crippen molar-refractivity contribution in [1.82, 2.24) is 24.8 Å². The first-order valence-corrected chi connectivity index (χ1v) is 16.3. The highest BCUT2D eigenvalue weighted by atomic mass is 32.1. The minimum atomic E-state index is -0.0908. The second-order valence-electron chi connectivity index (χ2n) is 11.6. The van der Waals surface area contributed by atoms with Gasteiger partial charge in [0, 0.05) is 48.8 Å². The number of aromatic nitrogens is 4. The Morgan fingerprint density at radius 1 is 1.02 bits per heavy atom. The van der Waals surface area contributed by atoms with Crippen LogP contribution in [0.2, 0.25) is 0 Å². The summed E-state index contributed by atoms with van der Waals surface area (Å²) in [4.78, 5) is 28.5. The molecule has 44 heavy (non-hydrogen) atoms. The quantitative estimate of drug-likeness (QED) is 0.215. The number of hydrogen-bond acceptors (Lipinski definition) is 9. The lowest BCUT2D eigenvalue weighted by Crippen LogP contribution is -2.34. The monoisotopic (exact) mass is 608 g/mol. The molecule has 9 nitrogen and oxygen atoms in total. The second kappa shape index (κ2) is 12.9. The van der Waals surface area contributed by atoms with E-state index >= 15 is 0 Å². The van der Waals surface area contributed by atoms with Crippen molar-refractivity contribution in [3.05, 3.63) is 81.5 Å². The van der Waals surface area contributed by atoms with Crippen molar-refractivity contribution in [3.63, 3.8) is 0 Å². The first kappa shape index (κ1) is 28.6. The van der Waals surface area contributed by atoms with Crippen LogP contribution in [0.25, 0.3) is 33.4 Å². The number of anilines is 2. The lowest BCUT2D eigenvalue weighted by molar-refractivity contribution is 0.0613. The fourth-order valence-corrected chi connectivity index (χ4v) is 6.71. The summed E-state index contributed by atoms with van der Waals surface area (Å²) in [6, 6.07) is 13.9. The number of nitrogens with one attached hydrogen (secondary N) is 2. The Morgan fingerprint density at radius 2 is 1.84 bits per heavy atom. The third-order valence-corrected chi connectivity index (χ3v) is 9.18. The molecule has 5 aromatic rings. The van der Waals surface area contributed by atoms with Crippen LogP contribution >= 0.6 is 11.3 Å². The van der Waals surface area contributed by atoms with E-state index in [1.807, 2.05) is 48.0 Å². The van der Waals surface area contributed by atoms with Crippen LogP contribution in [-0.2, 0) is 11.3 Å². The zero-order chi connectivity index (χ0) is 29.9. The fraction of sp³-hybridized carbons (Fsp3) is 0.353. The van der Waals surface area contributed by atoms with Gasteiger partial charge in [0.05, 0.1) is 11.3 Å². The number of benzene rings is 1. The summed E-state index contributed by atoms with van der Waals surface area (Å²) in [6.07, 6.45) is 7.73. The van der Waals surface area contributed by atoms with Gasteiger partial charge in [-0.05, 0) is 116 Å². The molecular weight excluding hydrogens is 572 g/mol. The summed E-state index contributed by atoms with van der Waals surface area (Å²) in [5, 5.41) is 11.6. The summed E-state index contributed by atoms with van der Waals surface area (Å²) < 4.78 is 13.6. The Balaban J connectivity index is 1.21. The molecule has 0 atom stereocenters. The van der Waals surface area contributed by atoms with Gasteiger partial charge in [0.25, 0.3) is 5.56 Å². The van der Waals surface area contributed by atoms with Crippen LogP contribution in [0.1, 0.15) is 31.2 Å². The Hall–Kier alpha value is -4.12. The number of thiophene rings is 1. The Kier molecular flexibility index (Phi) is 8.37. The first-order valence-electron chi connectivity index (χ1n) is 15.3. The molecular formula is C34H36N6O3S. The molecule has 7 rings (SSSR count). The van der Waals surface area contributed by atoms with Crippen molar-refractivity contribution >= 4 is 34.0 Å². The molecule has 226 valence electrons. The van der Waals surface area contributed by atoms with Gasteiger partial charge in [-0.3, -0.25) is 14.3 Å². The van der Waals surface area contributed by atoms with Gasteiger partial charge in [-0.25, -0.2) is 4.98 Å². The second-order valence-corrected chi connectivity index (χ2v) is 12.4. The third-order valence-electron chi connectivity index (χ3n) is 8.50. The summed E-state index contributed by atoms with van der Waals surface area (Å²) in [5.74, 6) is 1.62. The lowest BCUT2D eigenvalue weighted by Gasteiger charge is -2.24. The number of piperidine rings is 1. The average molecular weight is 609 g/mol. The molecule has 0 unspecified atom stereocenters. The Bertz CT molecular complexity index is 1790. The molecule has 0 aliphatic carbocycles. The topological polar surface area (TPSA) is 103 Å². The zero-order valence-electron chi connectivity index (χ0n) is 24.8. The van der Waals surface area contributed by atoms with Crippen LogP contribution in [0, 0.1) is 12.8 Å². The predicted molar refractivity (Wildman–Crippen MR) is 175 cm³/mol. The van der Waals surface area contributed by atoms with Crippen LogP contribution < -0.4 is 20.9 Å². The smallest absolute Gasteiger partial charge is 0.261 e. The molecule has 0 radical (unpaired) electrons. The molecule has 2 aliphatic rings. The summed E-state index contributed by atoms with van der Waals surface area (Å²) in [6.45, 7) is 5.97. The molecule has 2 fully saturated rings. The molecule has 4 aromatic heterocycles. The molecule has 1 aromatic carbocycles. The predicted octanol–water partition coefficient (Wildman–Crippen LogP) is 6.19. The Labute approximate surface area is 260 Å². The van der Waals surface area contributed by atoms with Crippen LogP contribution in [0.5, 0.6) is 5.75 Å². The van der Waals surface area contributed by atoms with Crippen LogP contribution in [-0.4, -0.2) is 51.9 Å². The van der Waals surface area contributed by atoms with Gasteiger partial charge in [-0.2, -0.15) is 16.3 Å². The van der Waals surface area contributed by atoms with Gasteiger partial charge < -0.3 is 20.1 Å². The standard InChI is InChI=1S/C34H36N6O3S/c1-22-16-25(24-10-15-44-21-24)18-36-31(22)30-17-26-19-37-34(39-32(26)40(33(30)41)20-23-8-13-42-14-9-23)38-27-2-4-28(5-3-27)43-29-6-11-35-12-7-29/h2-5,10,15-19,21,23,29,35H,6-9,11-14,20H2,1H3,(H,37,38,39). The van der Waals surface area contributed by atoms with Crippen molar-refractivity contribution in [1.29, 1.82) is 0 Å². The molecule has 6 heterocycles. The maximum atomic E-state index is 14.2. The minimum absolute atomic E-state index is 0.0908. The van der Waals surface area contributed by atoms with Gasteiger partial charge >= 0.3 is 0 Å². The van der Waals surface area contributed by atoms with E-state index in [4.69, 9.17) is 19.4 Å². The van der Waals surface area contributed by atoms with Gasteiger partial charge in [0.1, 0.15) is 17.5 Å². The van der Waals surface area contributed by atoms with Crippen molar-refractivity contribution < 1.29 is 9.47 Å². The van der Waals surface area contributed by atoms with Gasteiger partial charge in [-0.15, -0.1) is 0 Å². The van der Waals surface area contributed by atoms with Gasteiger partial charge in [-0.1, -0.05) is 0 Å². The summed E-state index contributed by atoms with van der Waals surface area (Å²) in [5.41, 5.74) is 5.74. The maximum absolute atomic E-state index is 14.2. The van der Waals surface area contributed by atoms with Crippen molar-refractivity contribution in [3.8, 4) is 28.1 Å². The van der Waals surface area contributed by atoms with Crippen molar-refractivity contribution in [2.75, 3.05) is 31.6 Å². The highest BCUT2D eigenvalue weighted by molar-refractivity contribution is 7.08. The van der Waals surface area contributed by atoms with Crippen LogP contribution in [0.15, 0.2) is 70.4 Å². The average Bonchev–Trinajstić information content (AvgIpc) is 3.60. The number of hydrogen-bond donors (Lipinski definition) is 2. The molecule has 0 spiro atoms. The summed E-state index contributed by atoms with van der Waals surface area (Å²) >= 11 is 1.65. The zero-order valence-corrected chi connectivity index (χ0v) is 25.6. The molecule has 2 N–H and O–H groups in total. The minimum Gasteiger partial charge on any atom is -0.490 e. The highest BCUT2D eigenvalue weighted by Crippen LogP contribution is 2.29. The van der Waals surface area contributed by atoms with E-state index in [9.17, 15) is 4.79 Å². The largest absolute Gasteiger partial charge is 0.490 e. The van der Waals surface area contributed by atoms with E-state index in [0.29, 0.717) is 48.5 Å². The molecule has 2 saturated heterocycles. The van der Waals surface area contributed by atoms with E-state index in [-0.39, 0.29) is 11.7 Å². The van der Waals surface area contributed by atoms with E-state index < -0.39 is 0 Å². The third kappa shape index (κ3) is 6.24. The molecule has 0 saturated carbocycles. The van der Waals surface area contributed by atoms with Crippen molar-refractivity contribution in [2.45, 2.75) is 45.3 Å². The number of ether oxygens (including phenoxy) is 2. The molecule has 0 bridgehead atoms. The number of rotatable bonds is 8. The van der Waals surface area contributed by atoms with Gasteiger partial charge in [0.15, 0.2) is 0 Å². The fourth-order valence-electron chi connectivity index (χ4n) is 6.04. The number of nitrogens with zero attached hydrogens (tertiary/aromatic N) is 4. The number of fused-ring (bicyclic) bond motifs is 1. The molecule has 0 amide bonds. The van der Waals surface area contributed by atoms with Crippen LogP contribution in [0.4, 0.5) is 11.6 Å². The van der Waals surface area contributed by atoms with Gasteiger partial charge in [0.2, 0.25) is 5.95 Å².